The molecule has 1 unspecified atom stereocenters. The fourth-order valence-electron chi connectivity index (χ4n) is 4.36. The van der Waals surface area contributed by atoms with Gasteiger partial charge in [-0.1, -0.05) is 67.6 Å². The summed E-state index contributed by atoms with van der Waals surface area (Å²) < 4.78 is 21.5. The molecule has 0 N–H and O–H groups in total. The quantitative estimate of drug-likeness (QED) is 0.485. The largest absolute Gasteiger partial charge is 0.496 e. The van der Waals surface area contributed by atoms with Gasteiger partial charge in [0.15, 0.2) is 0 Å². The van der Waals surface area contributed by atoms with Gasteiger partial charge in [0.05, 0.1) is 7.11 Å². The summed E-state index contributed by atoms with van der Waals surface area (Å²) in [6.07, 6.45) is -0.810. The third-order valence-corrected chi connectivity index (χ3v) is 6.17. The number of methoxy groups -OCH3 is 1. The first-order valence-corrected chi connectivity index (χ1v) is 11.1. The first-order valence-electron chi connectivity index (χ1n) is 11.1. The van der Waals surface area contributed by atoms with E-state index in [0.717, 1.165) is 55.1 Å². The molecule has 1 aliphatic heterocycles. The lowest BCUT2D eigenvalue weighted by Gasteiger charge is -2.36. The predicted molar refractivity (Wildman–Crippen MR) is 127 cm³/mol. The summed E-state index contributed by atoms with van der Waals surface area (Å²) >= 11 is 0. The van der Waals surface area contributed by atoms with Crippen molar-refractivity contribution >= 4 is 5.69 Å². The summed E-state index contributed by atoms with van der Waals surface area (Å²) in [5.41, 5.74) is 4.67. The van der Waals surface area contributed by atoms with Crippen molar-refractivity contribution in [3.63, 3.8) is 0 Å². The number of alkyl halides is 1. The molecule has 3 aromatic rings. The first-order chi connectivity index (χ1) is 15.2. The van der Waals surface area contributed by atoms with Gasteiger partial charge in [-0.3, -0.25) is 0 Å². The Kier molecular flexibility index (Phi) is 6.88. The molecule has 0 bridgehead atoms. The number of ether oxygens (including phenoxy) is 1. The molecule has 0 aliphatic carbocycles. The fraction of sp³-hybridized carbons (Fsp3) is 0.333. The lowest BCUT2D eigenvalue weighted by atomic mass is 9.95. The number of anilines is 1. The van der Waals surface area contributed by atoms with E-state index in [-0.39, 0.29) is 0 Å². The van der Waals surface area contributed by atoms with Crippen LogP contribution in [0.25, 0.3) is 11.1 Å². The fourth-order valence-corrected chi connectivity index (χ4v) is 4.36. The second-order valence-electron chi connectivity index (χ2n) is 8.06. The summed E-state index contributed by atoms with van der Waals surface area (Å²) in [4.78, 5) is 4.82. The summed E-state index contributed by atoms with van der Waals surface area (Å²) in [7, 11) is 1.64. The van der Waals surface area contributed by atoms with E-state index in [2.05, 4.69) is 34.9 Å². The van der Waals surface area contributed by atoms with Crippen molar-refractivity contribution in [2.24, 2.45) is 0 Å². The zero-order valence-electron chi connectivity index (χ0n) is 18.4. The van der Waals surface area contributed by atoms with E-state index in [1.165, 1.54) is 0 Å². The average Bonchev–Trinajstić information content (AvgIpc) is 2.84. The number of hydrogen-bond donors (Lipinski definition) is 0. The highest BCUT2D eigenvalue weighted by atomic mass is 19.1. The Bertz CT molecular complexity index is 969. The lowest BCUT2D eigenvalue weighted by molar-refractivity contribution is 0.271. The normalized spacial score (nSPS) is 15.6. The second-order valence-corrected chi connectivity index (χ2v) is 8.06. The van der Waals surface area contributed by atoms with E-state index in [1.807, 2.05) is 54.6 Å². The number of rotatable bonds is 7. The Balaban J connectivity index is 1.75. The maximum atomic E-state index is 15.7. The zero-order chi connectivity index (χ0) is 21.6. The van der Waals surface area contributed by atoms with Crippen molar-refractivity contribution in [3.05, 3.63) is 83.9 Å². The smallest absolute Gasteiger partial charge is 0.133 e. The van der Waals surface area contributed by atoms with Crippen LogP contribution >= 0.6 is 0 Å². The van der Waals surface area contributed by atoms with Gasteiger partial charge < -0.3 is 14.5 Å². The Hall–Kier alpha value is -2.85. The monoisotopic (exact) mass is 418 g/mol. The minimum Gasteiger partial charge on any atom is -0.496 e. The SMILES string of the molecule is CCN1CCN(c2cc(-c3ccccc3)c(OC)c(C(F)Cc3ccccc3)c2)CC1. The van der Waals surface area contributed by atoms with E-state index in [4.69, 9.17) is 4.74 Å². The van der Waals surface area contributed by atoms with E-state index < -0.39 is 6.17 Å². The molecule has 4 heteroatoms. The highest BCUT2D eigenvalue weighted by Gasteiger charge is 2.24. The van der Waals surface area contributed by atoms with Gasteiger partial charge in [-0.2, -0.15) is 0 Å². The van der Waals surface area contributed by atoms with Gasteiger partial charge >= 0.3 is 0 Å². The third kappa shape index (κ3) is 4.91. The van der Waals surface area contributed by atoms with E-state index in [9.17, 15) is 0 Å². The summed E-state index contributed by atoms with van der Waals surface area (Å²) in [5, 5.41) is 0. The molecule has 0 aromatic heterocycles. The Morgan fingerprint density at radius 2 is 1.55 bits per heavy atom. The number of likely N-dealkylation sites (N-methyl/N-ethyl adjacent to an activating group) is 1. The second kappa shape index (κ2) is 9.97. The van der Waals surface area contributed by atoms with Crippen LogP contribution in [-0.4, -0.2) is 44.7 Å². The van der Waals surface area contributed by atoms with Gasteiger partial charge in [0.25, 0.3) is 0 Å². The molecule has 3 aromatic carbocycles. The summed E-state index contributed by atoms with van der Waals surface area (Å²) in [5.74, 6) is 0.630. The molecule has 0 spiro atoms. The predicted octanol–water partition coefficient (Wildman–Crippen LogP) is 5.76. The highest BCUT2D eigenvalue weighted by molar-refractivity contribution is 5.77. The number of halogens is 1. The Labute approximate surface area is 185 Å². The van der Waals surface area contributed by atoms with Crippen molar-refractivity contribution in [1.82, 2.24) is 4.90 Å². The molecule has 0 saturated carbocycles. The molecule has 162 valence electrons. The summed E-state index contributed by atoms with van der Waals surface area (Å²) in [6, 6.07) is 24.1. The van der Waals surface area contributed by atoms with Crippen LogP contribution in [0.4, 0.5) is 10.1 Å². The summed E-state index contributed by atoms with van der Waals surface area (Å²) in [6.45, 7) is 7.22. The molecule has 0 radical (unpaired) electrons. The molecule has 1 saturated heterocycles. The topological polar surface area (TPSA) is 15.7 Å². The molecule has 3 nitrogen and oxygen atoms in total. The van der Waals surface area contributed by atoms with E-state index in [1.54, 1.807) is 7.11 Å². The van der Waals surface area contributed by atoms with Gasteiger partial charge in [-0.05, 0) is 29.8 Å². The molecule has 0 amide bonds. The molecule has 1 fully saturated rings. The molecule has 31 heavy (non-hydrogen) atoms. The van der Waals surface area contributed by atoms with Crippen LogP contribution in [0.15, 0.2) is 72.8 Å². The van der Waals surface area contributed by atoms with Crippen LogP contribution in [0.5, 0.6) is 5.75 Å². The minimum absolute atomic E-state index is 0.332. The lowest BCUT2D eigenvalue weighted by Crippen LogP contribution is -2.46. The maximum Gasteiger partial charge on any atom is 0.133 e. The minimum atomic E-state index is -1.14. The van der Waals surface area contributed by atoms with Crippen molar-refractivity contribution in [2.45, 2.75) is 19.5 Å². The van der Waals surface area contributed by atoms with Crippen LogP contribution in [-0.2, 0) is 6.42 Å². The van der Waals surface area contributed by atoms with Gasteiger partial charge in [0.2, 0.25) is 0 Å². The molecule has 1 heterocycles. The molecule has 1 aliphatic rings. The maximum absolute atomic E-state index is 15.7. The molecular formula is C27H31FN2O. The van der Waals surface area contributed by atoms with Gasteiger partial charge in [-0.15, -0.1) is 0 Å². The Morgan fingerprint density at radius 1 is 0.903 bits per heavy atom. The highest BCUT2D eigenvalue weighted by Crippen LogP contribution is 2.42. The van der Waals surface area contributed by atoms with Crippen molar-refractivity contribution in [2.75, 3.05) is 44.7 Å². The average molecular weight is 419 g/mol. The van der Waals surface area contributed by atoms with Crippen LogP contribution in [0, 0.1) is 0 Å². The standard InChI is InChI=1S/C27H31FN2O/c1-3-29-14-16-30(17-15-29)23-19-24(22-12-8-5-9-13-22)27(31-2)25(20-23)26(28)18-21-10-6-4-7-11-21/h4-13,19-20,26H,3,14-18H2,1-2H3. The van der Waals surface area contributed by atoms with Crippen molar-refractivity contribution < 1.29 is 9.13 Å². The van der Waals surface area contributed by atoms with Crippen LogP contribution in [0.3, 0.4) is 0 Å². The van der Waals surface area contributed by atoms with Crippen molar-refractivity contribution in [1.29, 1.82) is 0 Å². The van der Waals surface area contributed by atoms with Crippen LogP contribution < -0.4 is 9.64 Å². The van der Waals surface area contributed by atoms with Gasteiger partial charge in [-0.25, -0.2) is 4.39 Å². The van der Waals surface area contributed by atoms with Gasteiger partial charge in [0.1, 0.15) is 11.9 Å². The molecular weight excluding hydrogens is 387 g/mol. The van der Waals surface area contributed by atoms with Crippen molar-refractivity contribution in [3.8, 4) is 16.9 Å². The number of benzene rings is 3. The van der Waals surface area contributed by atoms with Crippen LogP contribution in [0.1, 0.15) is 24.2 Å². The molecule has 1 atom stereocenters. The zero-order valence-corrected chi connectivity index (χ0v) is 18.4. The number of piperazine rings is 1. The number of hydrogen-bond acceptors (Lipinski definition) is 3. The third-order valence-electron chi connectivity index (χ3n) is 6.17. The van der Waals surface area contributed by atoms with Crippen LogP contribution in [0.2, 0.25) is 0 Å². The van der Waals surface area contributed by atoms with Gasteiger partial charge in [0, 0.05) is 49.4 Å². The Morgan fingerprint density at radius 3 is 2.16 bits per heavy atom. The first kappa shape index (κ1) is 21.4. The molecule has 4 rings (SSSR count). The number of nitrogens with zero attached hydrogens (tertiary/aromatic N) is 2. The van der Waals surface area contributed by atoms with E-state index >= 15 is 4.39 Å². The van der Waals surface area contributed by atoms with E-state index in [0.29, 0.717) is 17.7 Å².